The molecule has 2 nitrogen and oxygen atoms in total. The third kappa shape index (κ3) is 3.51. The van der Waals surface area contributed by atoms with Gasteiger partial charge in [0, 0.05) is 11.6 Å². The van der Waals surface area contributed by atoms with Crippen LogP contribution in [0.4, 0.5) is 4.39 Å². The van der Waals surface area contributed by atoms with E-state index in [0.29, 0.717) is 5.92 Å². The number of rotatable bonds is 5. The van der Waals surface area contributed by atoms with Gasteiger partial charge in [-0.3, -0.25) is 0 Å². The van der Waals surface area contributed by atoms with E-state index in [1.165, 1.54) is 31.7 Å². The fourth-order valence-electron chi connectivity index (χ4n) is 3.32. The Morgan fingerprint density at radius 3 is 2.60 bits per heavy atom. The first-order chi connectivity index (χ1) is 9.65. The lowest BCUT2D eigenvalue weighted by Gasteiger charge is -2.34. The molecule has 1 aromatic rings. The summed E-state index contributed by atoms with van der Waals surface area (Å²) in [6.07, 6.45) is 4.95. The molecule has 0 spiro atoms. The molecule has 0 heterocycles. The first kappa shape index (κ1) is 15.3. The molecule has 0 bridgehead atoms. The Labute approximate surface area is 121 Å². The van der Waals surface area contributed by atoms with Crippen molar-refractivity contribution in [1.29, 1.82) is 0 Å². The first-order valence-electron chi connectivity index (χ1n) is 7.72. The summed E-state index contributed by atoms with van der Waals surface area (Å²) in [6.45, 7) is 5.31. The van der Waals surface area contributed by atoms with Gasteiger partial charge >= 0.3 is 0 Å². The van der Waals surface area contributed by atoms with Crippen LogP contribution in [-0.4, -0.2) is 13.7 Å². The molecule has 1 atom stereocenters. The predicted molar refractivity (Wildman–Crippen MR) is 80.5 cm³/mol. The normalized spacial score (nSPS) is 24.4. The summed E-state index contributed by atoms with van der Waals surface area (Å²) in [5.74, 6) is 1.99. The Hall–Kier alpha value is -1.09. The minimum absolute atomic E-state index is 0.187. The Bertz CT molecular complexity index is 427. The molecule has 0 saturated heterocycles. The highest BCUT2D eigenvalue weighted by Crippen LogP contribution is 2.39. The predicted octanol–water partition coefficient (Wildman–Crippen LogP) is 4.31. The summed E-state index contributed by atoms with van der Waals surface area (Å²) in [4.78, 5) is 0. The second-order valence-electron chi connectivity index (χ2n) is 5.94. The topological polar surface area (TPSA) is 21.3 Å². The van der Waals surface area contributed by atoms with E-state index in [2.05, 4.69) is 19.2 Å². The molecule has 1 aliphatic carbocycles. The van der Waals surface area contributed by atoms with Crippen molar-refractivity contribution < 1.29 is 9.13 Å². The molecule has 1 fully saturated rings. The van der Waals surface area contributed by atoms with Gasteiger partial charge in [0.1, 0.15) is 11.6 Å². The van der Waals surface area contributed by atoms with Gasteiger partial charge in [-0.15, -0.1) is 0 Å². The fourth-order valence-corrected chi connectivity index (χ4v) is 3.32. The van der Waals surface area contributed by atoms with E-state index in [1.807, 2.05) is 0 Å². The highest BCUT2D eigenvalue weighted by atomic mass is 19.1. The molecule has 0 amide bonds. The lowest BCUT2D eigenvalue weighted by atomic mass is 9.77. The van der Waals surface area contributed by atoms with E-state index in [0.717, 1.165) is 23.8 Å². The zero-order valence-corrected chi connectivity index (χ0v) is 12.8. The third-order valence-corrected chi connectivity index (χ3v) is 4.48. The van der Waals surface area contributed by atoms with Crippen LogP contribution in [0, 0.1) is 17.7 Å². The van der Waals surface area contributed by atoms with Crippen LogP contribution >= 0.6 is 0 Å². The Kier molecular flexibility index (Phi) is 5.41. The molecule has 20 heavy (non-hydrogen) atoms. The summed E-state index contributed by atoms with van der Waals surface area (Å²) in [5.41, 5.74) is 0.967. The highest BCUT2D eigenvalue weighted by molar-refractivity contribution is 5.37. The molecule has 1 aliphatic rings. The molecule has 1 N–H and O–H groups in total. The maximum absolute atomic E-state index is 13.6. The Morgan fingerprint density at radius 1 is 1.30 bits per heavy atom. The lowest BCUT2D eigenvalue weighted by molar-refractivity contribution is 0.229. The molecule has 0 aliphatic heterocycles. The lowest BCUT2D eigenvalue weighted by Crippen LogP contribution is -2.31. The van der Waals surface area contributed by atoms with Crippen molar-refractivity contribution >= 4 is 0 Å². The average molecular weight is 279 g/mol. The maximum atomic E-state index is 13.6. The summed E-state index contributed by atoms with van der Waals surface area (Å²) >= 11 is 0. The Morgan fingerprint density at radius 2 is 2.00 bits per heavy atom. The van der Waals surface area contributed by atoms with Gasteiger partial charge in [0.05, 0.1) is 7.11 Å². The standard InChI is InChI=1S/C17H26FNO/c1-4-19-17(13-7-5-12(2)6-8-13)15-11-14(18)9-10-16(15)20-3/h9-13,17,19H,4-8H2,1-3H3. The van der Waals surface area contributed by atoms with Crippen LogP contribution in [0.2, 0.25) is 0 Å². The monoisotopic (exact) mass is 279 g/mol. The molecule has 112 valence electrons. The van der Waals surface area contributed by atoms with E-state index in [4.69, 9.17) is 4.74 Å². The zero-order chi connectivity index (χ0) is 14.5. The zero-order valence-electron chi connectivity index (χ0n) is 12.8. The molecule has 2 rings (SSSR count). The van der Waals surface area contributed by atoms with Crippen molar-refractivity contribution in [2.45, 2.75) is 45.6 Å². The van der Waals surface area contributed by atoms with Crippen molar-refractivity contribution in [3.05, 3.63) is 29.6 Å². The van der Waals surface area contributed by atoms with Crippen LogP contribution in [0.15, 0.2) is 18.2 Å². The number of benzene rings is 1. The van der Waals surface area contributed by atoms with Crippen LogP contribution in [0.25, 0.3) is 0 Å². The van der Waals surface area contributed by atoms with Crippen molar-refractivity contribution in [2.75, 3.05) is 13.7 Å². The van der Waals surface area contributed by atoms with Gasteiger partial charge < -0.3 is 10.1 Å². The molecule has 0 aromatic heterocycles. The highest BCUT2D eigenvalue weighted by Gasteiger charge is 2.28. The van der Waals surface area contributed by atoms with E-state index in [9.17, 15) is 4.39 Å². The second kappa shape index (κ2) is 7.07. The fraction of sp³-hybridized carbons (Fsp3) is 0.647. The van der Waals surface area contributed by atoms with Crippen molar-refractivity contribution in [1.82, 2.24) is 5.32 Å². The van der Waals surface area contributed by atoms with E-state index < -0.39 is 0 Å². The molecule has 3 heteroatoms. The largest absolute Gasteiger partial charge is 0.496 e. The first-order valence-corrected chi connectivity index (χ1v) is 7.72. The minimum Gasteiger partial charge on any atom is -0.496 e. The van der Waals surface area contributed by atoms with Crippen molar-refractivity contribution in [2.24, 2.45) is 11.8 Å². The van der Waals surface area contributed by atoms with E-state index >= 15 is 0 Å². The van der Waals surface area contributed by atoms with Gasteiger partial charge in [-0.2, -0.15) is 0 Å². The van der Waals surface area contributed by atoms with Gasteiger partial charge in [-0.05, 0) is 49.4 Å². The van der Waals surface area contributed by atoms with E-state index in [1.54, 1.807) is 19.2 Å². The third-order valence-electron chi connectivity index (χ3n) is 4.48. The number of hydrogen-bond acceptors (Lipinski definition) is 2. The second-order valence-corrected chi connectivity index (χ2v) is 5.94. The van der Waals surface area contributed by atoms with Gasteiger partial charge in [0.2, 0.25) is 0 Å². The summed E-state index contributed by atoms with van der Waals surface area (Å²) in [6, 6.07) is 5.03. The summed E-state index contributed by atoms with van der Waals surface area (Å²) in [5, 5.41) is 3.54. The van der Waals surface area contributed by atoms with Gasteiger partial charge in [0.15, 0.2) is 0 Å². The number of methoxy groups -OCH3 is 1. The summed E-state index contributed by atoms with van der Waals surface area (Å²) in [7, 11) is 1.66. The van der Waals surface area contributed by atoms with Crippen LogP contribution in [0.1, 0.15) is 51.1 Å². The SMILES string of the molecule is CCNC(c1cc(F)ccc1OC)C1CCC(C)CC1. The van der Waals surface area contributed by atoms with Gasteiger partial charge in [0.25, 0.3) is 0 Å². The molecule has 0 radical (unpaired) electrons. The van der Waals surface area contributed by atoms with Crippen LogP contribution < -0.4 is 10.1 Å². The molecule has 1 aromatic carbocycles. The number of ether oxygens (including phenoxy) is 1. The van der Waals surface area contributed by atoms with Crippen molar-refractivity contribution in [3.8, 4) is 5.75 Å². The van der Waals surface area contributed by atoms with E-state index in [-0.39, 0.29) is 11.9 Å². The molecular weight excluding hydrogens is 253 g/mol. The number of halogens is 1. The smallest absolute Gasteiger partial charge is 0.123 e. The summed E-state index contributed by atoms with van der Waals surface area (Å²) < 4.78 is 19.1. The van der Waals surface area contributed by atoms with Crippen LogP contribution in [-0.2, 0) is 0 Å². The average Bonchev–Trinajstić information content (AvgIpc) is 2.46. The van der Waals surface area contributed by atoms with Gasteiger partial charge in [-0.1, -0.05) is 26.7 Å². The van der Waals surface area contributed by atoms with Crippen molar-refractivity contribution in [3.63, 3.8) is 0 Å². The van der Waals surface area contributed by atoms with Gasteiger partial charge in [-0.25, -0.2) is 4.39 Å². The molecule has 1 saturated carbocycles. The minimum atomic E-state index is -0.187. The number of nitrogens with one attached hydrogen (secondary N) is 1. The number of hydrogen-bond donors (Lipinski definition) is 1. The molecule has 1 unspecified atom stereocenters. The maximum Gasteiger partial charge on any atom is 0.123 e. The Balaban J connectivity index is 2.25. The quantitative estimate of drug-likeness (QED) is 0.867. The molecular formula is C17H26FNO. The van der Waals surface area contributed by atoms with Crippen LogP contribution in [0.5, 0.6) is 5.75 Å². The van der Waals surface area contributed by atoms with Crippen LogP contribution in [0.3, 0.4) is 0 Å².